The quantitative estimate of drug-likeness (QED) is 0.693. The van der Waals surface area contributed by atoms with Gasteiger partial charge in [0.1, 0.15) is 0 Å². The third-order valence-electron chi connectivity index (χ3n) is 4.07. The molecule has 1 fully saturated rings. The van der Waals surface area contributed by atoms with Crippen LogP contribution < -0.4 is 15.9 Å². The molecule has 1 aromatic carbocycles. The molecule has 114 valence electrons. The first kappa shape index (κ1) is 13.4. The van der Waals surface area contributed by atoms with E-state index in [0.29, 0.717) is 6.04 Å². The van der Waals surface area contributed by atoms with Gasteiger partial charge in [-0.3, -0.25) is 0 Å². The lowest BCUT2D eigenvalue weighted by Crippen LogP contribution is -2.39. The van der Waals surface area contributed by atoms with E-state index in [0.717, 1.165) is 47.8 Å². The van der Waals surface area contributed by atoms with Crippen molar-refractivity contribution in [1.82, 2.24) is 15.0 Å². The van der Waals surface area contributed by atoms with Gasteiger partial charge in [-0.1, -0.05) is 0 Å². The van der Waals surface area contributed by atoms with Crippen LogP contribution >= 0.6 is 11.3 Å². The molecule has 7 heteroatoms. The van der Waals surface area contributed by atoms with Gasteiger partial charge >= 0.3 is 5.69 Å². The Morgan fingerprint density at radius 1 is 1.23 bits per heavy atom. The van der Waals surface area contributed by atoms with E-state index >= 15 is 0 Å². The molecule has 2 aromatic heterocycles. The Hall–Kier alpha value is -2.28. The van der Waals surface area contributed by atoms with Crippen molar-refractivity contribution >= 4 is 33.2 Å². The van der Waals surface area contributed by atoms with Gasteiger partial charge in [0.15, 0.2) is 5.13 Å². The molecule has 3 N–H and O–H groups in total. The Balaban J connectivity index is 1.42. The maximum absolute atomic E-state index is 11.3. The molecule has 0 spiro atoms. The van der Waals surface area contributed by atoms with E-state index in [-0.39, 0.29) is 5.69 Å². The number of aromatic nitrogens is 3. The van der Waals surface area contributed by atoms with Gasteiger partial charge in [-0.25, -0.2) is 9.78 Å². The largest absolute Gasteiger partial charge is 0.382 e. The topological polar surface area (TPSA) is 76.8 Å². The van der Waals surface area contributed by atoms with E-state index in [2.05, 4.69) is 25.2 Å². The monoisotopic (exact) mass is 315 g/mol. The van der Waals surface area contributed by atoms with Crippen LogP contribution in [0.5, 0.6) is 0 Å². The minimum absolute atomic E-state index is 0.163. The van der Waals surface area contributed by atoms with Crippen molar-refractivity contribution in [3.63, 3.8) is 0 Å². The van der Waals surface area contributed by atoms with Crippen molar-refractivity contribution in [3.05, 3.63) is 40.3 Å². The number of benzene rings is 1. The minimum Gasteiger partial charge on any atom is -0.382 e. The van der Waals surface area contributed by atoms with Gasteiger partial charge in [-0.2, -0.15) is 0 Å². The van der Waals surface area contributed by atoms with Gasteiger partial charge in [-0.15, -0.1) is 11.3 Å². The summed E-state index contributed by atoms with van der Waals surface area (Å²) in [5.41, 5.74) is 2.57. The van der Waals surface area contributed by atoms with Crippen molar-refractivity contribution in [2.24, 2.45) is 0 Å². The average molecular weight is 315 g/mol. The number of nitrogens with zero attached hydrogens (tertiary/aromatic N) is 2. The molecular formula is C15H17N5OS. The zero-order chi connectivity index (χ0) is 14.9. The molecule has 4 rings (SSSR count). The van der Waals surface area contributed by atoms with Gasteiger partial charge in [0.25, 0.3) is 0 Å². The molecule has 1 saturated heterocycles. The van der Waals surface area contributed by atoms with Crippen LogP contribution in [0, 0.1) is 0 Å². The Labute approximate surface area is 131 Å². The summed E-state index contributed by atoms with van der Waals surface area (Å²) in [5.74, 6) is 0. The number of anilines is 2. The lowest BCUT2D eigenvalue weighted by Gasteiger charge is -2.32. The molecule has 3 heterocycles. The molecule has 22 heavy (non-hydrogen) atoms. The fourth-order valence-electron chi connectivity index (χ4n) is 2.95. The van der Waals surface area contributed by atoms with Crippen LogP contribution in [0.15, 0.2) is 34.6 Å². The number of imidazole rings is 1. The first-order valence-corrected chi connectivity index (χ1v) is 8.29. The van der Waals surface area contributed by atoms with Gasteiger partial charge in [0.2, 0.25) is 0 Å². The second-order valence-electron chi connectivity index (χ2n) is 5.56. The molecular weight excluding hydrogens is 298 g/mol. The van der Waals surface area contributed by atoms with Crippen molar-refractivity contribution in [2.75, 3.05) is 23.3 Å². The highest BCUT2D eigenvalue weighted by Gasteiger charge is 2.20. The first-order valence-electron chi connectivity index (χ1n) is 7.41. The Morgan fingerprint density at radius 2 is 2.05 bits per heavy atom. The number of aromatic amines is 2. The lowest BCUT2D eigenvalue weighted by molar-refractivity contribution is 0.526. The van der Waals surface area contributed by atoms with Crippen molar-refractivity contribution < 1.29 is 0 Å². The fraction of sp³-hybridized carbons (Fsp3) is 0.333. The van der Waals surface area contributed by atoms with E-state index in [1.807, 2.05) is 29.8 Å². The summed E-state index contributed by atoms with van der Waals surface area (Å²) in [6, 6.07) is 6.39. The molecule has 0 saturated carbocycles. The summed E-state index contributed by atoms with van der Waals surface area (Å²) in [6.45, 7) is 2.04. The third kappa shape index (κ3) is 2.59. The number of hydrogen-bond acceptors (Lipinski definition) is 5. The van der Waals surface area contributed by atoms with Crippen LogP contribution in [0.1, 0.15) is 12.8 Å². The normalized spacial score (nSPS) is 16.3. The molecule has 1 aliphatic rings. The third-order valence-corrected chi connectivity index (χ3v) is 4.90. The maximum Gasteiger partial charge on any atom is 0.323 e. The molecule has 0 atom stereocenters. The fourth-order valence-corrected chi connectivity index (χ4v) is 3.64. The summed E-state index contributed by atoms with van der Waals surface area (Å²) in [6.07, 6.45) is 4.03. The second-order valence-corrected chi connectivity index (χ2v) is 6.43. The molecule has 3 aromatic rings. The van der Waals surface area contributed by atoms with E-state index in [1.54, 1.807) is 11.3 Å². The Bertz CT molecular complexity index is 814. The molecule has 6 nitrogen and oxygen atoms in total. The number of nitrogens with one attached hydrogen (secondary N) is 3. The first-order chi connectivity index (χ1) is 10.8. The average Bonchev–Trinajstić information content (AvgIpc) is 3.16. The Morgan fingerprint density at radius 3 is 2.82 bits per heavy atom. The van der Waals surface area contributed by atoms with Crippen LogP contribution in [0.25, 0.3) is 11.0 Å². The van der Waals surface area contributed by atoms with Crippen LogP contribution in [-0.4, -0.2) is 34.1 Å². The summed E-state index contributed by atoms with van der Waals surface area (Å²) in [5, 5.41) is 6.70. The van der Waals surface area contributed by atoms with Crippen LogP contribution in [-0.2, 0) is 0 Å². The number of fused-ring (bicyclic) bond motifs is 1. The Kier molecular flexibility index (Phi) is 3.34. The summed E-state index contributed by atoms with van der Waals surface area (Å²) < 4.78 is 0. The number of thiazole rings is 1. The van der Waals surface area contributed by atoms with Crippen LogP contribution in [0.4, 0.5) is 10.8 Å². The summed E-state index contributed by atoms with van der Waals surface area (Å²) >= 11 is 1.70. The van der Waals surface area contributed by atoms with E-state index in [4.69, 9.17) is 0 Å². The molecule has 0 aliphatic carbocycles. The van der Waals surface area contributed by atoms with E-state index in [1.165, 1.54) is 0 Å². The summed E-state index contributed by atoms with van der Waals surface area (Å²) in [4.78, 5) is 23.6. The molecule has 0 radical (unpaired) electrons. The predicted octanol–water partition coefficient (Wildman–Crippen LogP) is 2.39. The number of piperidine rings is 1. The predicted molar refractivity (Wildman–Crippen MR) is 89.9 cm³/mol. The van der Waals surface area contributed by atoms with E-state index < -0.39 is 0 Å². The van der Waals surface area contributed by atoms with Crippen molar-refractivity contribution in [2.45, 2.75) is 18.9 Å². The second kappa shape index (κ2) is 5.49. The van der Waals surface area contributed by atoms with Crippen LogP contribution in [0.3, 0.4) is 0 Å². The smallest absolute Gasteiger partial charge is 0.323 e. The zero-order valence-corrected chi connectivity index (χ0v) is 12.8. The molecule has 0 unspecified atom stereocenters. The van der Waals surface area contributed by atoms with Gasteiger partial charge in [0, 0.05) is 36.4 Å². The van der Waals surface area contributed by atoms with E-state index in [9.17, 15) is 4.79 Å². The number of H-pyrrole nitrogens is 2. The highest BCUT2D eigenvalue weighted by atomic mass is 32.1. The summed E-state index contributed by atoms with van der Waals surface area (Å²) in [7, 11) is 0. The van der Waals surface area contributed by atoms with Gasteiger partial charge < -0.3 is 20.2 Å². The SMILES string of the molecule is O=c1[nH]c2ccc(NC3CCN(c4nccs4)CC3)cc2[nH]1. The zero-order valence-electron chi connectivity index (χ0n) is 12.0. The molecule has 1 aliphatic heterocycles. The maximum atomic E-state index is 11.3. The lowest BCUT2D eigenvalue weighted by atomic mass is 10.1. The molecule has 0 bridgehead atoms. The standard InChI is InChI=1S/C15H17N5OS/c21-14-18-12-2-1-11(9-13(12)19-14)17-10-3-6-20(7-4-10)15-16-5-8-22-15/h1-2,5,8-10,17H,3-4,6-7H2,(H2,18,19,21). The van der Waals surface area contributed by atoms with Gasteiger partial charge in [-0.05, 0) is 31.0 Å². The number of rotatable bonds is 3. The van der Waals surface area contributed by atoms with Gasteiger partial charge in [0.05, 0.1) is 11.0 Å². The molecule has 0 amide bonds. The van der Waals surface area contributed by atoms with Crippen molar-refractivity contribution in [1.29, 1.82) is 0 Å². The highest BCUT2D eigenvalue weighted by Crippen LogP contribution is 2.24. The van der Waals surface area contributed by atoms with Crippen LogP contribution in [0.2, 0.25) is 0 Å². The number of hydrogen-bond donors (Lipinski definition) is 3. The van der Waals surface area contributed by atoms with Crippen molar-refractivity contribution in [3.8, 4) is 0 Å². The highest BCUT2D eigenvalue weighted by molar-refractivity contribution is 7.13. The minimum atomic E-state index is -0.163.